The fourth-order valence-electron chi connectivity index (χ4n) is 2.60. The molecule has 0 bridgehead atoms. The van der Waals surface area contributed by atoms with E-state index in [1.54, 1.807) is 18.3 Å². The van der Waals surface area contributed by atoms with Crippen molar-refractivity contribution in [3.05, 3.63) is 58.9 Å². The molecule has 0 saturated heterocycles. The summed E-state index contributed by atoms with van der Waals surface area (Å²) in [6.07, 6.45) is 1.60. The van der Waals surface area contributed by atoms with Gasteiger partial charge < -0.3 is 10.1 Å². The lowest BCUT2D eigenvalue weighted by Crippen LogP contribution is -2.24. The summed E-state index contributed by atoms with van der Waals surface area (Å²) in [5.41, 5.74) is 2.39. The first kappa shape index (κ1) is 18.2. The average molecular weight is 367 g/mol. The highest BCUT2D eigenvalue weighted by molar-refractivity contribution is 6.21. The molecule has 0 saturated carbocycles. The van der Waals surface area contributed by atoms with Crippen molar-refractivity contribution in [3.8, 4) is 0 Å². The second kappa shape index (κ2) is 7.36. The Bertz CT molecular complexity index is 937. The SMILES string of the molecule is Cc1ccc(CC(=O)OCC(=O)Nc2ccc3c(c2)C(=O)N(C)C3=O)cn1. The Morgan fingerprint density at radius 3 is 2.56 bits per heavy atom. The van der Waals surface area contributed by atoms with Crippen molar-refractivity contribution in [1.29, 1.82) is 0 Å². The highest BCUT2D eigenvalue weighted by Crippen LogP contribution is 2.24. The maximum Gasteiger partial charge on any atom is 0.310 e. The van der Waals surface area contributed by atoms with E-state index in [0.29, 0.717) is 16.8 Å². The molecule has 3 amide bonds. The number of esters is 1. The lowest BCUT2D eigenvalue weighted by atomic mass is 10.1. The number of nitrogens with zero attached hydrogens (tertiary/aromatic N) is 2. The van der Waals surface area contributed by atoms with E-state index in [0.717, 1.165) is 10.6 Å². The van der Waals surface area contributed by atoms with E-state index in [1.165, 1.54) is 25.2 Å². The van der Waals surface area contributed by atoms with Gasteiger partial charge in [0, 0.05) is 24.6 Å². The highest BCUT2D eigenvalue weighted by atomic mass is 16.5. The Morgan fingerprint density at radius 1 is 1.11 bits per heavy atom. The molecule has 0 atom stereocenters. The number of nitrogens with one attached hydrogen (secondary N) is 1. The van der Waals surface area contributed by atoms with Gasteiger partial charge in [-0.25, -0.2) is 0 Å². The predicted molar refractivity (Wildman–Crippen MR) is 95.1 cm³/mol. The summed E-state index contributed by atoms with van der Waals surface area (Å²) in [6, 6.07) is 7.97. The van der Waals surface area contributed by atoms with E-state index in [4.69, 9.17) is 4.74 Å². The molecule has 1 aliphatic heterocycles. The van der Waals surface area contributed by atoms with Crippen molar-refractivity contribution in [2.45, 2.75) is 13.3 Å². The molecule has 1 aliphatic rings. The number of ether oxygens (including phenoxy) is 1. The molecule has 0 fully saturated rings. The van der Waals surface area contributed by atoms with E-state index in [-0.39, 0.29) is 17.9 Å². The number of hydrogen-bond donors (Lipinski definition) is 1. The smallest absolute Gasteiger partial charge is 0.310 e. The van der Waals surface area contributed by atoms with E-state index in [9.17, 15) is 19.2 Å². The van der Waals surface area contributed by atoms with Gasteiger partial charge in [-0.3, -0.25) is 29.1 Å². The quantitative estimate of drug-likeness (QED) is 0.631. The minimum atomic E-state index is -0.549. The molecule has 3 rings (SSSR count). The number of anilines is 1. The topological polar surface area (TPSA) is 106 Å². The van der Waals surface area contributed by atoms with E-state index < -0.39 is 24.4 Å². The van der Waals surface area contributed by atoms with Gasteiger partial charge in [-0.2, -0.15) is 0 Å². The third-order valence-corrected chi connectivity index (χ3v) is 4.06. The summed E-state index contributed by atoms with van der Waals surface area (Å²) in [6.45, 7) is 1.38. The Morgan fingerprint density at radius 2 is 1.85 bits per heavy atom. The van der Waals surface area contributed by atoms with Crippen LogP contribution in [0, 0.1) is 6.92 Å². The summed E-state index contributed by atoms with van der Waals surface area (Å²) >= 11 is 0. The van der Waals surface area contributed by atoms with Crippen LogP contribution in [0.3, 0.4) is 0 Å². The van der Waals surface area contributed by atoms with Crippen molar-refractivity contribution in [2.24, 2.45) is 0 Å². The molecule has 27 heavy (non-hydrogen) atoms. The first-order valence-electron chi connectivity index (χ1n) is 8.18. The van der Waals surface area contributed by atoms with E-state index in [1.807, 2.05) is 6.92 Å². The number of carbonyl (C=O) groups excluding carboxylic acids is 4. The summed E-state index contributed by atoms with van der Waals surface area (Å²) < 4.78 is 4.95. The summed E-state index contributed by atoms with van der Waals surface area (Å²) in [5.74, 6) is -1.90. The average Bonchev–Trinajstić information content (AvgIpc) is 2.86. The Labute approximate surface area is 155 Å². The standard InChI is InChI=1S/C19H17N3O5/c1-11-3-4-12(9-20-11)7-17(24)27-10-16(23)21-13-5-6-14-15(8-13)19(26)22(2)18(14)25/h3-6,8-9H,7,10H2,1-2H3,(H,21,23). The van der Waals surface area contributed by atoms with Crippen LogP contribution in [0.15, 0.2) is 36.5 Å². The number of amides is 3. The molecule has 0 unspecified atom stereocenters. The molecular formula is C19H17N3O5. The van der Waals surface area contributed by atoms with Crippen LogP contribution in [0.4, 0.5) is 5.69 Å². The van der Waals surface area contributed by atoms with Crippen LogP contribution >= 0.6 is 0 Å². The largest absolute Gasteiger partial charge is 0.455 e. The molecule has 0 spiro atoms. The number of rotatable bonds is 5. The monoisotopic (exact) mass is 367 g/mol. The van der Waals surface area contributed by atoms with Gasteiger partial charge in [0.15, 0.2) is 6.61 Å². The third kappa shape index (κ3) is 4.00. The molecular weight excluding hydrogens is 350 g/mol. The number of aryl methyl sites for hydroxylation is 1. The van der Waals surface area contributed by atoms with Crippen LogP contribution in [-0.2, 0) is 20.7 Å². The molecule has 1 aromatic heterocycles. The van der Waals surface area contributed by atoms with Crippen molar-refractivity contribution in [2.75, 3.05) is 19.0 Å². The van der Waals surface area contributed by atoms with Crippen LogP contribution in [0.1, 0.15) is 32.0 Å². The van der Waals surface area contributed by atoms with Crippen LogP contribution in [0.5, 0.6) is 0 Å². The van der Waals surface area contributed by atoms with Crippen LogP contribution in [0.25, 0.3) is 0 Å². The van der Waals surface area contributed by atoms with Gasteiger partial charge in [-0.15, -0.1) is 0 Å². The Balaban J connectivity index is 1.54. The number of imide groups is 1. The second-order valence-corrected chi connectivity index (χ2v) is 6.12. The first-order chi connectivity index (χ1) is 12.8. The number of pyridine rings is 1. The van der Waals surface area contributed by atoms with Crippen molar-refractivity contribution in [3.63, 3.8) is 0 Å². The van der Waals surface area contributed by atoms with Gasteiger partial charge in [0.2, 0.25) is 0 Å². The van der Waals surface area contributed by atoms with Gasteiger partial charge in [0.05, 0.1) is 17.5 Å². The van der Waals surface area contributed by atoms with Gasteiger partial charge in [0.25, 0.3) is 17.7 Å². The highest BCUT2D eigenvalue weighted by Gasteiger charge is 2.32. The van der Waals surface area contributed by atoms with E-state index in [2.05, 4.69) is 10.3 Å². The molecule has 1 aromatic carbocycles. The summed E-state index contributed by atoms with van der Waals surface area (Å²) in [4.78, 5) is 52.7. The van der Waals surface area contributed by atoms with Crippen LogP contribution in [-0.4, -0.2) is 47.2 Å². The first-order valence-corrected chi connectivity index (χ1v) is 8.18. The Kier molecular flexibility index (Phi) is 4.98. The normalized spacial score (nSPS) is 12.7. The molecule has 0 aliphatic carbocycles. The molecule has 138 valence electrons. The summed E-state index contributed by atoms with van der Waals surface area (Å²) in [5, 5.41) is 2.54. The van der Waals surface area contributed by atoms with Crippen LogP contribution in [0.2, 0.25) is 0 Å². The van der Waals surface area contributed by atoms with Gasteiger partial charge in [-0.05, 0) is 36.8 Å². The molecule has 0 radical (unpaired) electrons. The molecule has 2 aromatic rings. The number of benzene rings is 1. The molecule has 8 nitrogen and oxygen atoms in total. The predicted octanol–water partition coefficient (Wildman–Crippen LogP) is 1.34. The van der Waals surface area contributed by atoms with Gasteiger partial charge in [0.1, 0.15) is 0 Å². The maximum atomic E-state index is 12.0. The zero-order valence-electron chi connectivity index (χ0n) is 14.8. The van der Waals surface area contributed by atoms with Crippen molar-refractivity contribution < 1.29 is 23.9 Å². The minimum absolute atomic E-state index is 0.0162. The zero-order valence-corrected chi connectivity index (χ0v) is 14.8. The van der Waals surface area contributed by atoms with E-state index >= 15 is 0 Å². The van der Waals surface area contributed by atoms with Gasteiger partial charge >= 0.3 is 5.97 Å². The molecule has 2 heterocycles. The van der Waals surface area contributed by atoms with Crippen LogP contribution < -0.4 is 5.32 Å². The van der Waals surface area contributed by atoms with Gasteiger partial charge in [-0.1, -0.05) is 6.07 Å². The fourth-order valence-corrected chi connectivity index (χ4v) is 2.60. The van der Waals surface area contributed by atoms with Crippen molar-refractivity contribution in [1.82, 2.24) is 9.88 Å². The summed E-state index contributed by atoms with van der Waals surface area (Å²) in [7, 11) is 1.39. The lowest BCUT2D eigenvalue weighted by Gasteiger charge is -2.07. The maximum absolute atomic E-state index is 12.0. The Hall–Kier alpha value is -3.55. The fraction of sp³-hybridized carbons (Fsp3) is 0.211. The number of aromatic nitrogens is 1. The molecule has 8 heteroatoms. The lowest BCUT2D eigenvalue weighted by molar-refractivity contribution is -0.146. The molecule has 1 N–H and O–H groups in total. The number of hydrogen-bond acceptors (Lipinski definition) is 6. The number of carbonyl (C=O) groups is 4. The second-order valence-electron chi connectivity index (χ2n) is 6.12. The van der Waals surface area contributed by atoms with Crippen molar-refractivity contribution >= 4 is 29.4 Å². The minimum Gasteiger partial charge on any atom is -0.455 e. The zero-order chi connectivity index (χ0) is 19.6. The number of fused-ring (bicyclic) bond motifs is 1. The third-order valence-electron chi connectivity index (χ3n) is 4.06.